The number of amides is 1. The minimum absolute atomic E-state index is 0.0134. The highest BCUT2D eigenvalue weighted by atomic mass is 35.5. The van der Waals surface area contributed by atoms with Crippen LogP contribution in [0.1, 0.15) is 34.5 Å². The maximum atomic E-state index is 11.7. The van der Waals surface area contributed by atoms with E-state index in [2.05, 4.69) is 6.19 Å². The van der Waals surface area contributed by atoms with Crippen LogP contribution >= 0.6 is 11.6 Å². The van der Waals surface area contributed by atoms with Crippen molar-refractivity contribution in [2.45, 2.75) is 19.5 Å². The first-order chi connectivity index (χ1) is 10.5. The van der Waals surface area contributed by atoms with Crippen molar-refractivity contribution in [2.75, 3.05) is 0 Å². The van der Waals surface area contributed by atoms with Crippen molar-refractivity contribution in [1.29, 1.82) is 5.26 Å². The molecule has 2 aromatic rings. The van der Waals surface area contributed by atoms with E-state index in [4.69, 9.17) is 17.3 Å². The molecular formula is C17H14ClN3O. The highest BCUT2D eigenvalue weighted by Gasteiger charge is 2.29. The second-order valence-corrected chi connectivity index (χ2v) is 5.71. The van der Waals surface area contributed by atoms with Crippen LogP contribution in [0.5, 0.6) is 0 Å². The van der Waals surface area contributed by atoms with E-state index in [0.29, 0.717) is 22.7 Å². The SMILES string of the molecule is CC1c2cccc(-c3c(Cl)cccc3C(N)=O)c2CN1C#N. The van der Waals surface area contributed by atoms with Crippen LogP contribution < -0.4 is 5.73 Å². The quantitative estimate of drug-likeness (QED) is 0.863. The number of carbonyl (C=O) groups excluding carboxylic acids is 1. The fraction of sp³-hybridized carbons (Fsp3) is 0.176. The Bertz CT molecular complexity index is 810. The molecule has 1 amide bonds. The van der Waals surface area contributed by atoms with Crippen LogP contribution in [0, 0.1) is 11.5 Å². The zero-order valence-electron chi connectivity index (χ0n) is 12.0. The molecule has 0 saturated carbocycles. The second kappa shape index (κ2) is 5.36. The molecule has 0 saturated heterocycles. The number of fused-ring (bicyclic) bond motifs is 1. The molecule has 2 N–H and O–H groups in total. The number of nitriles is 1. The van der Waals surface area contributed by atoms with Crippen LogP contribution in [0.25, 0.3) is 11.1 Å². The van der Waals surface area contributed by atoms with Gasteiger partial charge in [-0.15, -0.1) is 0 Å². The first-order valence-corrected chi connectivity index (χ1v) is 7.29. The molecule has 110 valence electrons. The van der Waals surface area contributed by atoms with Crippen molar-refractivity contribution in [1.82, 2.24) is 4.90 Å². The summed E-state index contributed by atoms with van der Waals surface area (Å²) in [6, 6.07) is 11.0. The first-order valence-electron chi connectivity index (χ1n) is 6.91. The second-order valence-electron chi connectivity index (χ2n) is 5.30. The van der Waals surface area contributed by atoms with Gasteiger partial charge < -0.3 is 5.73 Å². The van der Waals surface area contributed by atoms with Crippen LogP contribution in [0.2, 0.25) is 5.02 Å². The molecule has 1 heterocycles. The molecule has 0 fully saturated rings. The third kappa shape index (κ3) is 2.11. The van der Waals surface area contributed by atoms with E-state index in [1.807, 2.05) is 25.1 Å². The van der Waals surface area contributed by atoms with Crippen molar-refractivity contribution in [3.8, 4) is 17.3 Å². The average Bonchev–Trinajstić information content (AvgIpc) is 2.84. The Morgan fingerprint density at radius 1 is 1.36 bits per heavy atom. The Morgan fingerprint density at radius 3 is 2.77 bits per heavy atom. The van der Waals surface area contributed by atoms with E-state index >= 15 is 0 Å². The molecule has 1 aliphatic rings. The Balaban J connectivity index is 2.26. The molecule has 1 atom stereocenters. The minimum Gasteiger partial charge on any atom is -0.366 e. The van der Waals surface area contributed by atoms with Gasteiger partial charge in [-0.3, -0.25) is 9.69 Å². The van der Waals surface area contributed by atoms with Gasteiger partial charge in [0.1, 0.15) is 0 Å². The highest BCUT2D eigenvalue weighted by molar-refractivity contribution is 6.34. The number of benzene rings is 2. The van der Waals surface area contributed by atoms with Crippen LogP contribution in [-0.2, 0) is 6.54 Å². The smallest absolute Gasteiger partial charge is 0.249 e. The van der Waals surface area contributed by atoms with Gasteiger partial charge in [0.15, 0.2) is 6.19 Å². The topological polar surface area (TPSA) is 70.1 Å². The fourth-order valence-electron chi connectivity index (χ4n) is 3.01. The zero-order chi connectivity index (χ0) is 15.9. The minimum atomic E-state index is -0.515. The zero-order valence-corrected chi connectivity index (χ0v) is 12.8. The van der Waals surface area contributed by atoms with Crippen molar-refractivity contribution < 1.29 is 4.79 Å². The first kappa shape index (κ1) is 14.4. The summed E-state index contributed by atoms with van der Waals surface area (Å²) in [7, 11) is 0. The van der Waals surface area contributed by atoms with Gasteiger partial charge in [0.05, 0.1) is 12.6 Å². The number of nitrogens with zero attached hydrogens (tertiary/aromatic N) is 2. The Morgan fingerprint density at radius 2 is 2.09 bits per heavy atom. The van der Waals surface area contributed by atoms with Crippen LogP contribution in [0.15, 0.2) is 36.4 Å². The van der Waals surface area contributed by atoms with E-state index in [0.717, 1.165) is 16.7 Å². The number of primary amides is 1. The summed E-state index contributed by atoms with van der Waals surface area (Å²) in [5.41, 5.74) is 9.48. The third-order valence-corrected chi connectivity index (χ3v) is 4.45. The number of hydrogen-bond acceptors (Lipinski definition) is 3. The molecule has 0 radical (unpaired) electrons. The lowest BCUT2D eigenvalue weighted by Crippen LogP contribution is -2.13. The van der Waals surface area contributed by atoms with Crippen LogP contribution in [0.3, 0.4) is 0 Å². The molecule has 1 unspecified atom stereocenters. The summed E-state index contributed by atoms with van der Waals surface area (Å²) in [6.45, 7) is 2.49. The predicted molar refractivity (Wildman–Crippen MR) is 85.0 cm³/mol. The van der Waals surface area contributed by atoms with Gasteiger partial charge >= 0.3 is 0 Å². The third-order valence-electron chi connectivity index (χ3n) is 4.14. The average molecular weight is 312 g/mol. The largest absolute Gasteiger partial charge is 0.366 e. The lowest BCUT2D eigenvalue weighted by atomic mass is 9.92. The highest BCUT2D eigenvalue weighted by Crippen LogP contribution is 2.41. The number of nitrogens with two attached hydrogens (primary N) is 1. The van der Waals surface area contributed by atoms with Gasteiger partial charge in [-0.2, -0.15) is 5.26 Å². The molecule has 5 heteroatoms. The molecular weight excluding hydrogens is 298 g/mol. The number of halogens is 1. The van der Waals surface area contributed by atoms with E-state index in [-0.39, 0.29) is 6.04 Å². The summed E-state index contributed by atoms with van der Waals surface area (Å²) in [4.78, 5) is 13.4. The molecule has 0 aromatic heterocycles. The molecule has 3 rings (SSSR count). The lowest BCUT2D eigenvalue weighted by molar-refractivity contribution is 0.100. The normalized spacial score (nSPS) is 16.2. The van der Waals surface area contributed by atoms with Gasteiger partial charge in [-0.05, 0) is 35.7 Å². The summed E-state index contributed by atoms with van der Waals surface area (Å²) in [5, 5.41) is 9.72. The predicted octanol–water partition coefficient (Wildman–Crippen LogP) is 3.46. The molecule has 4 nitrogen and oxygen atoms in total. The number of rotatable bonds is 2. The summed E-state index contributed by atoms with van der Waals surface area (Å²) in [5.74, 6) is -0.515. The van der Waals surface area contributed by atoms with Gasteiger partial charge in [0.2, 0.25) is 5.91 Å². The van der Waals surface area contributed by atoms with E-state index in [1.54, 1.807) is 23.1 Å². The maximum Gasteiger partial charge on any atom is 0.249 e. The number of carbonyl (C=O) groups is 1. The van der Waals surface area contributed by atoms with E-state index < -0.39 is 5.91 Å². The van der Waals surface area contributed by atoms with E-state index in [1.165, 1.54) is 0 Å². The monoisotopic (exact) mass is 311 g/mol. The van der Waals surface area contributed by atoms with Crippen LogP contribution in [-0.4, -0.2) is 10.8 Å². The molecule has 1 aliphatic heterocycles. The molecule has 0 spiro atoms. The summed E-state index contributed by atoms with van der Waals surface area (Å²) >= 11 is 6.33. The molecule has 0 aliphatic carbocycles. The summed E-state index contributed by atoms with van der Waals surface area (Å²) in [6.07, 6.45) is 2.20. The molecule has 0 bridgehead atoms. The summed E-state index contributed by atoms with van der Waals surface area (Å²) < 4.78 is 0. The van der Waals surface area contributed by atoms with Crippen molar-refractivity contribution in [3.05, 3.63) is 58.1 Å². The Kier molecular flexibility index (Phi) is 3.51. The Labute approximate surface area is 133 Å². The maximum absolute atomic E-state index is 11.7. The molecule has 2 aromatic carbocycles. The fourth-order valence-corrected chi connectivity index (χ4v) is 3.28. The van der Waals surface area contributed by atoms with E-state index in [9.17, 15) is 10.1 Å². The standard InChI is InChI=1S/C17H14ClN3O/c1-10-11-4-2-5-12(14(11)8-21(10)9-19)16-13(17(20)22)6-3-7-15(16)18/h2-7,10H,8H2,1H3,(H2,20,22). The number of hydrogen-bond donors (Lipinski definition) is 1. The van der Waals surface area contributed by atoms with Crippen LogP contribution in [0.4, 0.5) is 0 Å². The van der Waals surface area contributed by atoms with Gasteiger partial charge in [0.25, 0.3) is 0 Å². The van der Waals surface area contributed by atoms with Gasteiger partial charge in [0, 0.05) is 16.1 Å². The van der Waals surface area contributed by atoms with Gasteiger partial charge in [-0.25, -0.2) is 0 Å². The van der Waals surface area contributed by atoms with Crippen molar-refractivity contribution >= 4 is 17.5 Å². The lowest BCUT2D eigenvalue weighted by Gasteiger charge is -2.13. The Hall–Kier alpha value is -2.51. The van der Waals surface area contributed by atoms with Crippen molar-refractivity contribution in [3.63, 3.8) is 0 Å². The van der Waals surface area contributed by atoms with Crippen molar-refractivity contribution in [2.24, 2.45) is 5.73 Å². The molecule has 22 heavy (non-hydrogen) atoms. The van der Waals surface area contributed by atoms with Gasteiger partial charge in [-0.1, -0.05) is 35.9 Å².